The summed E-state index contributed by atoms with van der Waals surface area (Å²) in [6.45, 7) is -0.562. The van der Waals surface area contributed by atoms with Gasteiger partial charge in [0.05, 0.1) is 29.6 Å². The Hall–Kier alpha value is -4.51. The monoisotopic (exact) mass is 544 g/mol. The molecule has 0 unspecified atom stereocenters. The van der Waals surface area contributed by atoms with Crippen LogP contribution in [0.25, 0.3) is 10.9 Å². The fraction of sp³-hybridized carbons (Fsp3) is 0.233. The second-order valence-electron chi connectivity index (χ2n) is 9.41. The molecule has 208 valence electrons. The topological polar surface area (TPSA) is 161 Å². The zero-order valence-corrected chi connectivity index (χ0v) is 22.3. The van der Waals surface area contributed by atoms with Crippen molar-refractivity contribution in [2.75, 3.05) is 32.3 Å². The molecule has 0 aliphatic rings. The lowest BCUT2D eigenvalue weighted by Gasteiger charge is -2.31. The van der Waals surface area contributed by atoms with Gasteiger partial charge >= 0.3 is 5.97 Å². The van der Waals surface area contributed by atoms with Crippen LogP contribution < -0.4 is 10.6 Å². The minimum Gasteiger partial charge on any atom is -0.494 e. The number of aromatic hydroxyl groups is 1. The predicted octanol–water partition coefficient (Wildman–Crippen LogP) is 3.25. The van der Waals surface area contributed by atoms with E-state index >= 15 is 0 Å². The fourth-order valence-corrected chi connectivity index (χ4v) is 4.60. The number of aromatic nitrogens is 1. The number of aromatic amines is 1. The second kappa shape index (κ2) is 12.1. The quantitative estimate of drug-likeness (QED) is 0.151. The number of carbonyl (C=O) groups is 2. The molecule has 0 bridgehead atoms. The fourth-order valence-electron chi connectivity index (χ4n) is 4.60. The van der Waals surface area contributed by atoms with Gasteiger partial charge < -0.3 is 35.7 Å². The van der Waals surface area contributed by atoms with Crippen LogP contribution in [0.2, 0.25) is 0 Å². The number of nitrogens with zero attached hydrogens (tertiary/aromatic N) is 2. The van der Waals surface area contributed by atoms with Gasteiger partial charge in [0, 0.05) is 42.4 Å². The molecule has 1 heterocycles. The van der Waals surface area contributed by atoms with Crippen molar-refractivity contribution < 1.29 is 29.6 Å². The van der Waals surface area contributed by atoms with E-state index in [1.54, 1.807) is 49.5 Å². The molecule has 1 amide bonds. The van der Waals surface area contributed by atoms with Gasteiger partial charge in [-0.3, -0.25) is 4.79 Å². The zero-order valence-electron chi connectivity index (χ0n) is 22.3. The molecule has 10 nitrogen and oxygen atoms in total. The number of likely N-dealkylation sites (N-methyl/N-ethyl adjacent to an activating group) is 1. The molecule has 6 N–H and O–H groups in total. The number of rotatable bonds is 10. The third kappa shape index (κ3) is 5.74. The zero-order chi connectivity index (χ0) is 28.9. The molecule has 0 saturated heterocycles. The van der Waals surface area contributed by atoms with Crippen molar-refractivity contribution in [2.45, 2.75) is 18.4 Å². The van der Waals surface area contributed by atoms with E-state index in [1.165, 1.54) is 12.0 Å². The summed E-state index contributed by atoms with van der Waals surface area (Å²) in [4.78, 5) is 34.3. The first-order chi connectivity index (χ1) is 19.2. The molecule has 10 heteroatoms. The minimum atomic E-state index is -1.39. The first-order valence-electron chi connectivity index (χ1n) is 12.7. The van der Waals surface area contributed by atoms with E-state index in [1.807, 2.05) is 30.3 Å². The van der Waals surface area contributed by atoms with E-state index in [4.69, 9.17) is 15.5 Å². The number of ether oxygens (including phenoxy) is 1. The highest BCUT2D eigenvalue weighted by atomic mass is 16.5. The van der Waals surface area contributed by atoms with Crippen LogP contribution in [0.1, 0.15) is 34.3 Å². The van der Waals surface area contributed by atoms with E-state index < -0.39 is 17.4 Å². The maximum atomic E-state index is 13.1. The summed E-state index contributed by atoms with van der Waals surface area (Å²) in [5, 5.41) is 30.3. The number of aliphatic hydroxyl groups is 2. The molecule has 0 spiro atoms. The van der Waals surface area contributed by atoms with Gasteiger partial charge in [-0.2, -0.15) is 0 Å². The summed E-state index contributed by atoms with van der Waals surface area (Å²) in [5.74, 6) is -1.02. The van der Waals surface area contributed by atoms with Crippen LogP contribution in [0.15, 0.2) is 77.8 Å². The van der Waals surface area contributed by atoms with Gasteiger partial charge in [-0.15, -0.1) is 0 Å². The third-order valence-corrected chi connectivity index (χ3v) is 6.81. The molecule has 4 rings (SSSR count). The molecule has 1 aromatic heterocycles. The Bertz CT molecular complexity index is 1520. The maximum Gasteiger partial charge on any atom is 0.337 e. The maximum absolute atomic E-state index is 13.1. The van der Waals surface area contributed by atoms with E-state index in [0.717, 1.165) is 5.56 Å². The molecule has 4 aromatic rings. The first kappa shape index (κ1) is 28.5. The minimum absolute atomic E-state index is 0.0226. The van der Waals surface area contributed by atoms with Crippen LogP contribution in [0.3, 0.4) is 0 Å². The summed E-state index contributed by atoms with van der Waals surface area (Å²) in [5.41, 5.74) is 8.56. The van der Waals surface area contributed by atoms with Crippen molar-refractivity contribution in [3.8, 4) is 5.88 Å². The summed E-state index contributed by atoms with van der Waals surface area (Å²) in [7, 11) is 2.89. The van der Waals surface area contributed by atoms with Gasteiger partial charge in [-0.1, -0.05) is 36.4 Å². The van der Waals surface area contributed by atoms with Crippen LogP contribution in [0, 0.1) is 0 Å². The van der Waals surface area contributed by atoms with E-state index in [0.29, 0.717) is 39.1 Å². The Labute approximate surface area is 231 Å². The number of methoxy groups -OCH3 is 1. The van der Waals surface area contributed by atoms with Gasteiger partial charge in [0.2, 0.25) is 5.91 Å². The van der Waals surface area contributed by atoms with Crippen LogP contribution in [-0.2, 0) is 9.53 Å². The average molecular weight is 545 g/mol. The van der Waals surface area contributed by atoms with E-state index in [2.05, 4.69) is 4.98 Å². The molecule has 40 heavy (non-hydrogen) atoms. The highest BCUT2D eigenvalue weighted by Crippen LogP contribution is 2.33. The molecule has 0 aliphatic heterocycles. The molecular formula is C30H32N4O6. The van der Waals surface area contributed by atoms with Crippen molar-refractivity contribution >= 4 is 39.9 Å². The number of carbonyl (C=O) groups excluding carboxylic acids is 2. The lowest BCUT2D eigenvalue weighted by molar-refractivity contribution is -0.124. The number of nitrogens with one attached hydrogen (secondary N) is 1. The lowest BCUT2D eigenvalue weighted by Crippen LogP contribution is -2.55. The first-order valence-corrected chi connectivity index (χ1v) is 12.7. The Balaban J connectivity index is 1.74. The average Bonchev–Trinajstić information content (AvgIpc) is 3.30. The number of amides is 1. The summed E-state index contributed by atoms with van der Waals surface area (Å²) >= 11 is 0. The van der Waals surface area contributed by atoms with Crippen LogP contribution in [-0.4, -0.2) is 70.8 Å². The van der Waals surface area contributed by atoms with Gasteiger partial charge in [0.25, 0.3) is 0 Å². The second-order valence-corrected chi connectivity index (χ2v) is 9.41. The number of anilines is 1. The van der Waals surface area contributed by atoms with Gasteiger partial charge in [-0.05, 0) is 49.2 Å². The number of esters is 1. The number of aliphatic imine (C=N–C) groups is 1. The Morgan fingerprint density at radius 3 is 2.23 bits per heavy atom. The Morgan fingerprint density at radius 2 is 1.62 bits per heavy atom. The Morgan fingerprint density at radius 1 is 0.975 bits per heavy atom. The number of nitrogens with two attached hydrogens (primary N) is 1. The van der Waals surface area contributed by atoms with Crippen molar-refractivity contribution in [1.82, 2.24) is 4.98 Å². The van der Waals surface area contributed by atoms with Crippen LogP contribution >= 0.6 is 0 Å². The Kier molecular flexibility index (Phi) is 8.64. The number of fused-ring (bicyclic) bond motifs is 1. The molecular weight excluding hydrogens is 512 g/mol. The number of H-pyrrole nitrogens is 1. The predicted molar refractivity (Wildman–Crippen MR) is 153 cm³/mol. The largest absolute Gasteiger partial charge is 0.494 e. The van der Waals surface area contributed by atoms with Crippen molar-refractivity contribution in [1.29, 1.82) is 0 Å². The molecule has 0 saturated carbocycles. The van der Waals surface area contributed by atoms with E-state index in [-0.39, 0.29) is 31.9 Å². The van der Waals surface area contributed by atoms with E-state index in [9.17, 15) is 24.9 Å². The van der Waals surface area contributed by atoms with Crippen LogP contribution in [0.4, 0.5) is 11.4 Å². The van der Waals surface area contributed by atoms with Crippen molar-refractivity contribution in [3.63, 3.8) is 0 Å². The summed E-state index contributed by atoms with van der Waals surface area (Å²) in [6, 6.07) is 21.2. The molecule has 0 radical (unpaired) electrons. The highest BCUT2D eigenvalue weighted by molar-refractivity contribution is 6.22. The lowest BCUT2D eigenvalue weighted by atomic mass is 9.91. The standard InChI is InChI=1S/C30H32N4O6/c1-34(29(39)30(31,14-16-35)15-17-36)22-11-9-21(10-12-22)32-26(19-6-4-3-5-7-19)25-23-13-8-20(28(38)40-2)18-24(23)33-27(25)37/h3-13,18,33,35-37H,14-17,31H2,1-2H3. The van der Waals surface area contributed by atoms with Gasteiger partial charge in [0.1, 0.15) is 5.54 Å². The normalized spacial score (nSPS) is 12.0. The van der Waals surface area contributed by atoms with Gasteiger partial charge in [-0.25, -0.2) is 9.79 Å². The number of hydrogen-bond acceptors (Lipinski definition) is 8. The third-order valence-electron chi connectivity index (χ3n) is 6.81. The summed E-state index contributed by atoms with van der Waals surface area (Å²) in [6.07, 6.45) is 0.0452. The molecule has 0 fully saturated rings. The number of aliphatic hydroxyl groups excluding tert-OH is 2. The van der Waals surface area contributed by atoms with Gasteiger partial charge in [0.15, 0.2) is 5.88 Å². The number of benzene rings is 3. The summed E-state index contributed by atoms with van der Waals surface area (Å²) < 4.78 is 4.81. The van der Waals surface area contributed by atoms with Crippen molar-refractivity contribution in [2.24, 2.45) is 10.7 Å². The molecule has 3 aromatic carbocycles. The molecule has 0 aliphatic carbocycles. The van der Waals surface area contributed by atoms with Crippen LogP contribution in [0.5, 0.6) is 5.88 Å². The highest BCUT2D eigenvalue weighted by Gasteiger charge is 2.35. The van der Waals surface area contributed by atoms with Crippen molar-refractivity contribution in [3.05, 3.63) is 89.5 Å². The molecule has 0 atom stereocenters. The smallest absolute Gasteiger partial charge is 0.337 e. The SMILES string of the molecule is COC(=O)c1ccc2c(C(=Nc3ccc(N(C)C(=O)C(N)(CCO)CCO)cc3)c3ccccc3)c(O)[nH]c2c1. The number of hydrogen-bond donors (Lipinski definition) is 5.